The van der Waals surface area contributed by atoms with E-state index in [0.717, 1.165) is 37.6 Å². The molecular formula is C21H28N2O2. The smallest absolute Gasteiger partial charge is 0.163 e. The summed E-state index contributed by atoms with van der Waals surface area (Å²) >= 11 is 0. The lowest BCUT2D eigenvalue weighted by atomic mass is 10.0. The lowest BCUT2D eigenvalue weighted by molar-refractivity contribution is 0.230. The Labute approximate surface area is 150 Å². The number of anilines is 1. The normalized spacial score (nSPS) is 17.6. The Morgan fingerprint density at radius 3 is 2.64 bits per heavy atom. The standard InChI is InChI=1S/C21H28N2O2/c1-16(2)25-21-14-18(9-10-20(21)24-3)23-12-11-22-15-19(23)13-17-7-5-4-6-8-17/h4-10,14,16,19,22H,11-13,15H2,1-3H3. The molecule has 0 radical (unpaired) electrons. The van der Waals surface area contributed by atoms with Gasteiger partial charge in [0.15, 0.2) is 11.5 Å². The molecule has 1 fully saturated rings. The maximum atomic E-state index is 5.95. The number of piperazine rings is 1. The second-order valence-electron chi connectivity index (χ2n) is 6.74. The van der Waals surface area contributed by atoms with Crippen molar-refractivity contribution >= 4 is 5.69 Å². The summed E-state index contributed by atoms with van der Waals surface area (Å²) in [6.45, 7) is 7.05. The van der Waals surface area contributed by atoms with Crippen LogP contribution in [0.4, 0.5) is 5.69 Å². The molecule has 2 aromatic rings. The van der Waals surface area contributed by atoms with E-state index >= 15 is 0 Å². The molecule has 4 heteroatoms. The van der Waals surface area contributed by atoms with Gasteiger partial charge < -0.3 is 19.7 Å². The Morgan fingerprint density at radius 2 is 1.92 bits per heavy atom. The van der Waals surface area contributed by atoms with E-state index in [1.165, 1.54) is 11.3 Å². The molecule has 25 heavy (non-hydrogen) atoms. The van der Waals surface area contributed by atoms with Gasteiger partial charge in [-0.1, -0.05) is 30.3 Å². The van der Waals surface area contributed by atoms with Gasteiger partial charge in [-0.15, -0.1) is 0 Å². The molecule has 4 nitrogen and oxygen atoms in total. The molecule has 0 spiro atoms. The predicted molar refractivity (Wildman–Crippen MR) is 103 cm³/mol. The van der Waals surface area contributed by atoms with Gasteiger partial charge in [-0.3, -0.25) is 0 Å². The third-order valence-corrected chi connectivity index (χ3v) is 4.51. The Balaban J connectivity index is 1.84. The molecule has 1 unspecified atom stereocenters. The van der Waals surface area contributed by atoms with Crippen LogP contribution in [0.25, 0.3) is 0 Å². The third-order valence-electron chi connectivity index (χ3n) is 4.51. The molecule has 1 saturated heterocycles. The summed E-state index contributed by atoms with van der Waals surface area (Å²) in [6.07, 6.45) is 1.15. The van der Waals surface area contributed by atoms with Crippen LogP contribution in [0.5, 0.6) is 11.5 Å². The first kappa shape index (κ1) is 17.6. The van der Waals surface area contributed by atoms with E-state index in [0.29, 0.717) is 6.04 Å². The molecule has 1 N–H and O–H groups in total. The number of benzene rings is 2. The van der Waals surface area contributed by atoms with Crippen LogP contribution in [0.3, 0.4) is 0 Å². The summed E-state index contributed by atoms with van der Waals surface area (Å²) in [4.78, 5) is 2.48. The average molecular weight is 340 g/mol. The van der Waals surface area contributed by atoms with Gasteiger partial charge in [0.25, 0.3) is 0 Å². The average Bonchev–Trinajstić information content (AvgIpc) is 2.62. The molecule has 0 bridgehead atoms. The van der Waals surface area contributed by atoms with Gasteiger partial charge in [-0.05, 0) is 38.0 Å². The van der Waals surface area contributed by atoms with Crippen molar-refractivity contribution < 1.29 is 9.47 Å². The van der Waals surface area contributed by atoms with Gasteiger partial charge in [0.1, 0.15) is 0 Å². The number of ether oxygens (including phenoxy) is 2. The second kappa shape index (κ2) is 8.26. The molecule has 0 aromatic heterocycles. The van der Waals surface area contributed by atoms with E-state index in [1.807, 2.05) is 19.9 Å². The highest BCUT2D eigenvalue weighted by Crippen LogP contribution is 2.33. The molecule has 2 aromatic carbocycles. The molecular weight excluding hydrogens is 312 g/mol. The first-order valence-electron chi connectivity index (χ1n) is 9.03. The number of methoxy groups -OCH3 is 1. The van der Waals surface area contributed by atoms with E-state index in [2.05, 4.69) is 52.7 Å². The van der Waals surface area contributed by atoms with Gasteiger partial charge in [0.2, 0.25) is 0 Å². The summed E-state index contributed by atoms with van der Waals surface area (Å²) < 4.78 is 11.4. The van der Waals surface area contributed by atoms with Crippen LogP contribution in [0, 0.1) is 0 Å². The molecule has 1 atom stereocenters. The zero-order chi connectivity index (χ0) is 17.6. The molecule has 134 valence electrons. The monoisotopic (exact) mass is 340 g/mol. The maximum Gasteiger partial charge on any atom is 0.163 e. The van der Waals surface area contributed by atoms with Crippen LogP contribution in [0.2, 0.25) is 0 Å². The minimum Gasteiger partial charge on any atom is -0.493 e. The van der Waals surface area contributed by atoms with Crippen molar-refractivity contribution in [2.75, 3.05) is 31.6 Å². The van der Waals surface area contributed by atoms with Gasteiger partial charge >= 0.3 is 0 Å². The lowest BCUT2D eigenvalue weighted by Gasteiger charge is -2.38. The van der Waals surface area contributed by atoms with Gasteiger partial charge in [0, 0.05) is 37.4 Å². The minimum absolute atomic E-state index is 0.118. The Kier molecular flexibility index (Phi) is 5.82. The van der Waals surface area contributed by atoms with E-state index in [-0.39, 0.29) is 6.10 Å². The largest absolute Gasteiger partial charge is 0.493 e. The van der Waals surface area contributed by atoms with E-state index in [9.17, 15) is 0 Å². The van der Waals surface area contributed by atoms with Crippen LogP contribution < -0.4 is 19.7 Å². The van der Waals surface area contributed by atoms with Gasteiger partial charge in [-0.2, -0.15) is 0 Å². The Morgan fingerprint density at radius 1 is 1.12 bits per heavy atom. The summed E-state index contributed by atoms with van der Waals surface area (Å²) in [6, 6.07) is 17.4. The predicted octanol–water partition coefficient (Wildman–Crippen LogP) is 3.50. The lowest BCUT2D eigenvalue weighted by Crippen LogP contribution is -2.52. The fraction of sp³-hybridized carbons (Fsp3) is 0.429. The zero-order valence-corrected chi connectivity index (χ0v) is 15.4. The van der Waals surface area contributed by atoms with Crippen molar-refractivity contribution in [1.82, 2.24) is 5.32 Å². The van der Waals surface area contributed by atoms with E-state index < -0.39 is 0 Å². The zero-order valence-electron chi connectivity index (χ0n) is 15.4. The van der Waals surface area contributed by atoms with Crippen LogP contribution >= 0.6 is 0 Å². The summed E-state index contributed by atoms with van der Waals surface area (Å²) in [5.41, 5.74) is 2.56. The van der Waals surface area contributed by atoms with Crippen LogP contribution in [0.1, 0.15) is 19.4 Å². The first-order chi connectivity index (χ1) is 12.2. The van der Waals surface area contributed by atoms with Crippen molar-refractivity contribution in [3.05, 3.63) is 54.1 Å². The van der Waals surface area contributed by atoms with Crippen molar-refractivity contribution in [2.24, 2.45) is 0 Å². The molecule has 1 aliphatic heterocycles. The van der Waals surface area contributed by atoms with Crippen molar-refractivity contribution in [2.45, 2.75) is 32.4 Å². The second-order valence-corrected chi connectivity index (χ2v) is 6.74. The highest BCUT2D eigenvalue weighted by atomic mass is 16.5. The molecule has 0 aliphatic carbocycles. The number of hydrogen-bond acceptors (Lipinski definition) is 4. The van der Waals surface area contributed by atoms with Crippen molar-refractivity contribution in [3.8, 4) is 11.5 Å². The van der Waals surface area contributed by atoms with E-state index in [4.69, 9.17) is 9.47 Å². The minimum atomic E-state index is 0.118. The SMILES string of the molecule is COc1ccc(N2CCNCC2Cc2ccccc2)cc1OC(C)C. The number of nitrogens with one attached hydrogen (secondary N) is 1. The molecule has 1 aliphatic rings. The fourth-order valence-corrected chi connectivity index (χ4v) is 3.36. The topological polar surface area (TPSA) is 33.7 Å². The highest BCUT2D eigenvalue weighted by molar-refractivity contribution is 5.57. The summed E-state index contributed by atoms with van der Waals surface area (Å²) in [7, 11) is 1.69. The maximum absolute atomic E-state index is 5.95. The van der Waals surface area contributed by atoms with E-state index in [1.54, 1.807) is 7.11 Å². The molecule has 3 rings (SSSR count). The number of hydrogen-bond donors (Lipinski definition) is 1. The third kappa shape index (κ3) is 4.45. The number of rotatable bonds is 6. The quantitative estimate of drug-likeness (QED) is 0.873. The Hall–Kier alpha value is -2.20. The summed E-state index contributed by atoms with van der Waals surface area (Å²) in [5.74, 6) is 1.60. The van der Waals surface area contributed by atoms with Crippen LogP contribution in [0.15, 0.2) is 48.5 Å². The van der Waals surface area contributed by atoms with Crippen molar-refractivity contribution in [3.63, 3.8) is 0 Å². The van der Waals surface area contributed by atoms with Crippen LogP contribution in [-0.4, -0.2) is 38.9 Å². The number of nitrogens with zero attached hydrogens (tertiary/aromatic N) is 1. The Bertz CT molecular complexity index is 673. The molecule has 0 amide bonds. The summed E-state index contributed by atoms with van der Waals surface area (Å²) in [5, 5.41) is 3.53. The molecule has 1 heterocycles. The fourth-order valence-electron chi connectivity index (χ4n) is 3.36. The van der Waals surface area contributed by atoms with Gasteiger partial charge in [0.05, 0.1) is 13.2 Å². The molecule has 0 saturated carbocycles. The first-order valence-corrected chi connectivity index (χ1v) is 9.03. The van der Waals surface area contributed by atoms with Crippen LogP contribution in [-0.2, 0) is 6.42 Å². The highest BCUT2D eigenvalue weighted by Gasteiger charge is 2.24. The van der Waals surface area contributed by atoms with Gasteiger partial charge in [-0.25, -0.2) is 0 Å². The van der Waals surface area contributed by atoms with Crippen molar-refractivity contribution in [1.29, 1.82) is 0 Å².